The van der Waals surface area contributed by atoms with Crippen LogP contribution in [0.5, 0.6) is 0 Å². The van der Waals surface area contributed by atoms with Crippen molar-refractivity contribution in [2.45, 2.75) is 53.0 Å². The summed E-state index contributed by atoms with van der Waals surface area (Å²) in [6.45, 7) is 9.27. The predicted octanol–water partition coefficient (Wildman–Crippen LogP) is 4.64. The fourth-order valence-electron chi connectivity index (χ4n) is 4.02. The molecule has 19 heavy (non-hydrogen) atoms. The summed E-state index contributed by atoms with van der Waals surface area (Å²) in [5, 5.41) is 3.60. The molecular formula is C18H29N. The van der Waals surface area contributed by atoms with Crippen LogP contribution in [0.1, 0.15) is 55.8 Å². The Morgan fingerprint density at radius 2 is 1.68 bits per heavy atom. The average molecular weight is 259 g/mol. The molecule has 1 aliphatic rings. The van der Waals surface area contributed by atoms with Crippen LogP contribution in [0.15, 0.2) is 18.2 Å². The summed E-state index contributed by atoms with van der Waals surface area (Å²) in [5.74, 6) is 2.52. The Morgan fingerprint density at radius 1 is 1.05 bits per heavy atom. The highest BCUT2D eigenvalue weighted by Gasteiger charge is 2.30. The van der Waals surface area contributed by atoms with Gasteiger partial charge in [-0.25, -0.2) is 0 Å². The zero-order valence-corrected chi connectivity index (χ0v) is 13.2. The van der Waals surface area contributed by atoms with Crippen molar-refractivity contribution in [1.29, 1.82) is 0 Å². The predicted molar refractivity (Wildman–Crippen MR) is 83.4 cm³/mol. The van der Waals surface area contributed by atoms with Gasteiger partial charge in [0.1, 0.15) is 0 Å². The molecule has 0 heterocycles. The summed E-state index contributed by atoms with van der Waals surface area (Å²) in [5.41, 5.74) is 4.31. The van der Waals surface area contributed by atoms with Crippen LogP contribution in [0, 0.1) is 31.6 Å². The average Bonchev–Trinajstić information content (AvgIpc) is 2.33. The van der Waals surface area contributed by atoms with E-state index in [0.717, 1.165) is 17.8 Å². The van der Waals surface area contributed by atoms with E-state index in [-0.39, 0.29) is 0 Å². The molecular weight excluding hydrogens is 230 g/mol. The Morgan fingerprint density at radius 3 is 2.26 bits per heavy atom. The van der Waals surface area contributed by atoms with E-state index in [1.165, 1.54) is 36.0 Å². The van der Waals surface area contributed by atoms with E-state index in [2.05, 4.69) is 58.3 Å². The number of rotatable bonds is 3. The lowest BCUT2D eigenvalue weighted by Gasteiger charge is -2.37. The Kier molecular flexibility index (Phi) is 4.67. The van der Waals surface area contributed by atoms with Gasteiger partial charge in [-0.05, 0) is 69.0 Å². The minimum atomic E-state index is 0.519. The molecule has 1 aliphatic carbocycles. The highest BCUT2D eigenvalue weighted by Crippen LogP contribution is 2.40. The molecule has 1 aromatic carbocycles. The monoisotopic (exact) mass is 259 g/mol. The van der Waals surface area contributed by atoms with Crippen LogP contribution in [0.3, 0.4) is 0 Å². The van der Waals surface area contributed by atoms with Gasteiger partial charge in [0.05, 0.1) is 0 Å². The Balaban J connectivity index is 2.26. The smallest absolute Gasteiger partial charge is 0.0349 e. The molecule has 1 fully saturated rings. The van der Waals surface area contributed by atoms with E-state index in [1.807, 2.05) is 0 Å². The molecule has 0 aromatic heterocycles. The van der Waals surface area contributed by atoms with Crippen LogP contribution in [0.4, 0.5) is 0 Å². The third-order valence-corrected chi connectivity index (χ3v) is 4.77. The first-order valence-corrected chi connectivity index (χ1v) is 7.75. The van der Waals surface area contributed by atoms with Crippen LogP contribution in [-0.4, -0.2) is 7.05 Å². The van der Waals surface area contributed by atoms with Crippen LogP contribution >= 0.6 is 0 Å². The van der Waals surface area contributed by atoms with Gasteiger partial charge in [0.2, 0.25) is 0 Å². The molecule has 0 bridgehead atoms. The maximum Gasteiger partial charge on any atom is 0.0349 e. The van der Waals surface area contributed by atoms with E-state index < -0.39 is 0 Å². The Hall–Kier alpha value is -0.820. The molecule has 1 aromatic rings. The summed E-state index contributed by atoms with van der Waals surface area (Å²) < 4.78 is 0. The van der Waals surface area contributed by atoms with Crippen molar-refractivity contribution in [2.75, 3.05) is 7.05 Å². The quantitative estimate of drug-likeness (QED) is 0.834. The molecule has 0 amide bonds. The summed E-state index contributed by atoms with van der Waals surface area (Å²) in [6, 6.07) is 7.38. The normalized spacial score (nSPS) is 29.2. The third kappa shape index (κ3) is 3.39. The molecule has 0 aliphatic heterocycles. The van der Waals surface area contributed by atoms with Crippen LogP contribution in [0.25, 0.3) is 0 Å². The SMILES string of the molecule is CNC(c1cc(C)ccc1C)C1CC(C)CC(C)C1. The molecule has 1 nitrogen and oxygen atoms in total. The Bertz CT molecular complexity index is 414. The van der Waals surface area contributed by atoms with Gasteiger partial charge >= 0.3 is 0 Å². The number of hydrogen-bond donors (Lipinski definition) is 1. The van der Waals surface area contributed by atoms with E-state index in [4.69, 9.17) is 0 Å². The van der Waals surface area contributed by atoms with Gasteiger partial charge in [0.15, 0.2) is 0 Å². The van der Waals surface area contributed by atoms with E-state index in [1.54, 1.807) is 0 Å². The number of benzene rings is 1. The largest absolute Gasteiger partial charge is 0.313 e. The maximum atomic E-state index is 3.60. The second-order valence-electron chi connectivity index (χ2n) is 6.80. The summed E-state index contributed by atoms with van der Waals surface area (Å²) in [4.78, 5) is 0. The first kappa shape index (κ1) is 14.6. The zero-order valence-electron chi connectivity index (χ0n) is 13.2. The molecule has 0 radical (unpaired) electrons. The lowest BCUT2D eigenvalue weighted by atomic mass is 9.72. The minimum absolute atomic E-state index is 0.519. The van der Waals surface area contributed by atoms with Gasteiger partial charge < -0.3 is 5.32 Å². The fourth-order valence-corrected chi connectivity index (χ4v) is 4.02. The van der Waals surface area contributed by atoms with Gasteiger partial charge in [-0.15, -0.1) is 0 Å². The summed E-state index contributed by atoms with van der Waals surface area (Å²) in [6.07, 6.45) is 4.13. The molecule has 1 N–H and O–H groups in total. The lowest BCUT2D eigenvalue weighted by molar-refractivity contribution is 0.180. The molecule has 3 atom stereocenters. The molecule has 1 saturated carbocycles. The zero-order chi connectivity index (χ0) is 14.0. The maximum absolute atomic E-state index is 3.60. The van der Waals surface area contributed by atoms with Gasteiger partial charge in [-0.1, -0.05) is 37.6 Å². The highest BCUT2D eigenvalue weighted by molar-refractivity contribution is 5.33. The van der Waals surface area contributed by atoms with E-state index in [0.29, 0.717) is 6.04 Å². The van der Waals surface area contributed by atoms with Gasteiger partial charge in [0, 0.05) is 6.04 Å². The molecule has 106 valence electrons. The molecule has 1 heteroatoms. The fraction of sp³-hybridized carbons (Fsp3) is 0.667. The standard InChI is InChI=1S/C18H29N/c1-12-6-7-15(4)17(11-12)18(19-5)16-9-13(2)8-14(3)10-16/h6-7,11,13-14,16,18-19H,8-10H2,1-5H3. The van der Waals surface area contributed by atoms with Gasteiger partial charge in [0.25, 0.3) is 0 Å². The second-order valence-corrected chi connectivity index (χ2v) is 6.80. The molecule has 0 spiro atoms. The van der Waals surface area contributed by atoms with E-state index in [9.17, 15) is 0 Å². The highest BCUT2D eigenvalue weighted by atomic mass is 14.9. The minimum Gasteiger partial charge on any atom is -0.313 e. The second kappa shape index (κ2) is 6.09. The van der Waals surface area contributed by atoms with Crippen molar-refractivity contribution in [2.24, 2.45) is 17.8 Å². The van der Waals surface area contributed by atoms with Crippen molar-refractivity contribution in [3.63, 3.8) is 0 Å². The molecule has 3 unspecified atom stereocenters. The number of aryl methyl sites for hydroxylation is 2. The summed E-state index contributed by atoms with van der Waals surface area (Å²) in [7, 11) is 2.12. The number of hydrogen-bond acceptors (Lipinski definition) is 1. The lowest BCUT2D eigenvalue weighted by Crippen LogP contribution is -2.32. The van der Waals surface area contributed by atoms with Crippen molar-refractivity contribution in [3.05, 3.63) is 34.9 Å². The molecule has 0 saturated heterocycles. The first-order chi connectivity index (χ1) is 9.01. The van der Waals surface area contributed by atoms with Crippen molar-refractivity contribution >= 4 is 0 Å². The van der Waals surface area contributed by atoms with Crippen LogP contribution in [-0.2, 0) is 0 Å². The third-order valence-electron chi connectivity index (χ3n) is 4.77. The van der Waals surface area contributed by atoms with Crippen LogP contribution in [0.2, 0.25) is 0 Å². The Labute approximate surface area is 118 Å². The summed E-state index contributed by atoms with van der Waals surface area (Å²) >= 11 is 0. The van der Waals surface area contributed by atoms with Crippen molar-refractivity contribution < 1.29 is 0 Å². The van der Waals surface area contributed by atoms with Gasteiger partial charge in [-0.2, -0.15) is 0 Å². The van der Waals surface area contributed by atoms with Crippen molar-refractivity contribution in [3.8, 4) is 0 Å². The van der Waals surface area contributed by atoms with Gasteiger partial charge in [-0.3, -0.25) is 0 Å². The van der Waals surface area contributed by atoms with E-state index >= 15 is 0 Å². The first-order valence-electron chi connectivity index (χ1n) is 7.75. The molecule has 2 rings (SSSR count). The topological polar surface area (TPSA) is 12.0 Å². The number of nitrogens with one attached hydrogen (secondary N) is 1. The van der Waals surface area contributed by atoms with Crippen LogP contribution < -0.4 is 5.32 Å². The van der Waals surface area contributed by atoms with Crippen molar-refractivity contribution in [1.82, 2.24) is 5.32 Å².